The Bertz CT molecular complexity index is 1830. The molecule has 1 fully saturated rings. The molecule has 8 nitrogen and oxygen atoms in total. The molecule has 0 saturated heterocycles. The lowest BCUT2D eigenvalue weighted by atomic mass is 9.81. The molecule has 1 aromatic heterocycles. The summed E-state index contributed by atoms with van der Waals surface area (Å²) < 4.78 is 7.33. The third kappa shape index (κ3) is 6.89. The molecule has 1 aliphatic carbocycles. The first-order valence-electron chi connectivity index (χ1n) is 17.4. The van der Waals surface area contributed by atoms with Gasteiger partial charge in [0.25, 0.3) is 5.91 Å². The number of ether oxygens (including phenoxy) is 1. The van der Waals surface area contributed by atoms with Crippen LogP contribution in [-0.2, 0) is 20.9 Å². The lowest BCUT2D eigenvalue weighted by Gasteiger charge is -2.29. The lowest BCUT2D eigenvalue weighted by molar-refractivity contribution is -0.137. The van der Waals surface area contributed by atoms with E-state index in [9.17, 15) is 14.4 Å². The molecule has 1 unspecified atom stereocenters. The lowest BCUT2D eigenvalue weighted by Crippen LogP contribution is -2.54. The maximum Gasteiger partial charge on any atom is 0.330 e. The molecule has 0 spiro atoms. The fraction of sp³-hybridized carbons (Fsp3) is 0.375. The number of amides is 2. The van der Waals surface area contributed by atoms with E-state index >= 15 is 0 Å². The van der Waals surface area contributed by atoms with Crippen molar-refractivity contribution in [1.82, 2.24) is 9.88 Å². The SMILES string of the molecule is CCCC(C)(NC(=O)c1ccc2c(C3CCCCC3)c3n(c2c1)CCNc1ccccc1-3)C(=O)Nc1ccc(/C=C/C(=O)OCC)cc1. The molecule has 0 bridgehead atoms. The summed E-state index contributed by atoms with van der Waals surface area (Å²) in [7, 11) is 0. The van der Waals surface area contributed by atoms with Crippen molar-refractivity contribution in [2.24, 2.45) is 0 Å². The Kier molecular flexibility index (Phi) is 9.99. The zero-order chi connectivity index (χ0) is 33.7. The third-order valence-corrected chi connectivity index (χ3v) is 9.72. The van der Waals surface area contributed by atoms with Crippen LogP contribution in [0.15, 0.2) is 72.8 Å². The van der Waals surface area contributed by atoms with E-state index in [0.717, 1.165) is 29.9 Å². The predicted octanol–water partition coefficient (Wildman–Crippen LogP) is 8.29. The number of nitrogens with one attached hydrogen (secondary N) is 3. The van der Waals surface area contributed by atoms with Gasteiger partial charge in [-0.1, -0.05) is 69.0 Å². The molecular formula is C40H46N4O4. The van der Waals surface area contributed by atoms with Gasteiger partial charge >= 0.3 is 5.97 Å². The number of para-hydroxylation sites is 1. The fourth-order valence-electron chi connectivity index (χ4n) is 7.35. The minimum atomic E-state index is -1.13. The number of nitrogens with zero attached hydrogens (tertiary/aromatic N) is 1. The average Bonchev–Trinajstić information content (AvgIpc) is 3.29. The van der Waals surface area contributed by atoms with E-state index in [2.05, 4.69) is 50.8 Å². The Morgan fingerprint density at radius 3 is 2.52 bits per heavy atom. The minimum Gasteiger partial charge on any atom is -0.463 e. The highest BCUT2D eigenvalue weighted by Crippen LogP contribution is 2.46. The molecule has 1 saturated carbocycles. The van der Waals surface area contributed by atoms with Gasteiger partial charge in [-0.3, -0.25) is 9.59 Å². The highest BCUT2D eigenvalue weighted by Gasteiger charge is 2.35. The van der Waals surface area contributed by atoms with Crippen LogP contribution in [0.2, 0.25) is 0 Å². The summed E-state index contributed by atoms with van der Waals surface area (Å²) >= 11 is 0. The number of benzene rings is 3. The number of esters is 1. The molecule has 48 heavy (non-hydrogen) atoms. The Morgan fingerprint density at radius 1 is 1.00 bits per heavy atom. The predicted molar refractivity (Wildman–Crippen MR) is 193 cm³/mol. The van der Waals surface area contributed by atoms with Crippen molar-refractivity contribution in [1.29, 1.82) is 0 Å². The Labute approximate surface area is 282 Å². The molecule has 2 heterocycles. The van der Waals surface area contributed by atoms with Crippen LogP contribution in [0, 0.1) is 0 Å². The Hall–Kier alpha value is -4.85. The maximum atomic E-state index is 13.9. The van der Waals surface area contributed by atoms with Crippen molar-refractivity contribution in [3.05, 3.63) is 89.5 Å². The van der Waals surface area contributed by atoms with Gasteiger partial charge in [-0.2, -0.15) is 0 Å². The second-order valence-corrected chi connectivity index (χ2v) is 13.2. The van der Waals surface area contributed by atoms with Gasteiger partial charge < -0.3 is 25.3 Å². The van der Waals surface area contributed by atoms with Gasteiger partial charge in [0.15, 0.2) is 0 Å². The van der Waals surface area contributed by atoms with Gasteiger partial charge in [0.2, 0.25) is 5.91 Å². The molecule has 2 aliphatic rings. The van der Waals surface area contributed by atoms with Gasteiger partial charge in [-0.25, -0.2) is 4.79 Å². The number of hydrogen-bond acceptors (Lipinski definition) is 5. The monoisotopic (exact) mass is 646 g/mol. The summed E-state index contributed by atoms with van der Waals surface area (Å²) in [5.74, 6) is -0.473. The molecule has 6 rings (SSSR count). The first kappa shape index (κ1) is 33.1. The van der Waals surface area contributed by atoms with Gasteiger partial charge in [0.05, 0.1) is 12.3 Å². The number of fused-ring (bicyclic) bond motifs is 5. The van der Waals surface area contributed by atoms with Gasteiger partial charge in [0, 0.05) is 52.6 Å². The molecule has 3 N–H and O–H groups in total. The van der Waals surface area contributed by atoms with Crippen molar-refractivity contribution in [2.45, 2.75) is 83.7 Å². The second-order valence-electron chi connectivity index (χ2n) is 13.2. The third-order valence-electron chi connectivity index (χ3n) is 9.72. The molecule has 1 aliphatic heterocycles. The van der Waals surface area contributed by atoms with Crippen LogP contribution >= 0.6 is 0 Å². The average molecular weight is 647 g/mol. The smallest absolute Gasteiger partial charge is 0.330 e. The van der Waals surface area contributed by atoms with E-state index in [-0.39, 0.29) is 11.8 Å². The number of carbonyl (C=O) groups excluding carboxylic acids is 3. The molecular weight excluding hydrogens is 600 g/mol. The highest BCUT2D eigenvalue weighted by atomic mass is 16.5. The van der Waals surface area contributed by atoms with Gasteiger partial charge in [0.1, 0.15) is 5.54 Å². The largest absolute Gasteiger partial charge is 0.463 e. The second kappa shape index (κ2) is 14.5. The van der Waals surface area contributed by atoms with Crippen molar-refractivity contribution < 1.29 is 19.1 Å². The van der Waals surface area contributed by atoms with Crippen molar-refractivity contribution in [2.75, 3.05) is 23.8 Å². The summed E-state index contributed by atoms with van der Waals surface area (Å²) in [4.78, 5) is 39.3. The molecule has 8 heteroatoms. The van der Waals surface area contributed by atoms with E-state index in [4.69, 9.17) is 4.74 Å². The minimum absolute atomic E-state index is 0.274. The van der Waals surface area contributed by atoms with E-state index in [0.29, 0.717) is 36.6 Å². The first-order chi connectivity index (χ1) is 23.3. The number of hydrogen-bond donors (Lipinski definition) is 3. The van der Waals surface area contributed by atoms with Crippen LogP contribution in [0.25, 0.3) is 28.2 Å². The maximum absolute atomic E-state index is 13.9. The van der Waals surface area contributed by atoms with Crippen LogP contribution in [0.3, 0.4) is 0 Å². The van der Waals surface area contributed by atoms with E-state index in [1.54, 1.807) is 32.1 Å². The number of aromatic nitrogens is 1. The Morgan fingerprint density at radius 2 is 1.77 bits per heavy atom. The molecule has 2 amide bonds. The summed E-state index contributed by atoms with van der Waals surface area (Å²) in [5, 5.41) is 10.9. The van der Waals surface area contributed by atoms with Crippen LogP contribution in [0.1, 0.15) is 93.1 Å². The summed E-state index contributed by atoms with van der Waals surface area (Å²) in [5.41, 5.74) is 6.92. The van der Waals surface area contributed by atoms with E-state index in [1.165, 1.54) is 60.4 Å². The number of anilines is 2. The quantitative estimate of drug-likeness (QED) is 0.119. The zero-order valence-corrected chi connectivity index (χ0v) is 28.2. The number of carbonyl (C=O) groups is 3. The van der Waals surface area contributed by atoms with Crippen LogP contribution < -0.4 is 16.0 Å². The molecule has 0 radical (unpaired) electrons. The van der Waals surface area contributed by atoms with Crippen molar-refractivity contribution in [3.63, 3.8) is 0 Å². The summed E-state index contributed by atoms with van der Waals surface area (Å²) in [6.45, 7) is 7.46. The van der Waals surface area contributed by atoms with Gasteiger partial charge in [-0.05, 0) is 86.6 Å². The molecule has 1 atom stereocenters. The van der Waals surface area contributed by atoms with Crippen LogP contribution in [0.5, 0.6) is 0 Å². The topological polar surface area (TPSA) is 101 Å². The van der Waals surface area contributed by atoms with Gasteiger partial charge in [-0.15, -0.1) is 0 Å². The molecule has 3 aromatic carbocycles. The zero-order valence-electron chi connectivity index (χ0n) is 28.2. The van der Waals surface area contributed by atoms with Crippen LogP contribution in [0.4, 0.5) is 11.4 Å². The Balaban J connectivity index is 1.27. The standard InChI is InChI=1S/C40H46N4O4/c1-4-23-40(3,39(47)42-30-19-15-27(16-20-30)17-22-35(45)48-5-2)43-38(46)29-18-21-32-34(26-29)44-25-24-41-33-14-10-9-13-31(33)37(44)36(32)28-11-7-6-8-12-28/h9-10,13-22,26,28,41H,4-8,11-12,23-25H2,1-3H3,(H,42,47)(H,43,46)/b22-17+. The number of rotatable bonds is 10. The first-order valence-corrected chi connectivity index (χ1v) is 17.4. The summed E-state index contributed by atoms with van der Waals surface area (Å²) in [6, 6.07) is 21.8. The van der Waals surface area contributed by atoms with Crippen LogP contribution in [-0.4, -0.2) is 41.0 Å². The summed E-state index contributed by atoms with van der Waals surface area (Å²) in [6.07, 6.45) is 10.4. The van der Waals surface area contributed by atoms with Crippen molar-refractivity contribution in [3.8, 4) is 11.3 Å². The van der Waals surface area contributed by atoms with E-state index in [1.807, 2.05) is 31.2 Å². The molecule has 4 aromatic rings. The highest BCUT2D eigenvalue weighted by molar-refractivity contribution is 6.06. The van der Waals surface area contributed by atoms with Crippen molar-refractivity contribution >= 4 is 46.1 Å². The van der Waals surface area contributed by atoms with E-state index < -0.39 is 11.5 Å². The fourth-order valence-corrected chi connectivity index (χ4v) is 7.35. The molecule has 250 valence electrons. The normalized spacial score (nSPS) is 15.9.